The zero-order chi connectivity index (χ0) is 15.9. The number of anilines is 2. The Morgan fingerprint density at radius 2 is 1.09 bits per heavy atom. The summed E-state index contributed by atoms with van der Waals surface area (Å²) in [5.41, 5.74) is 11.9. The summed E-state index contributed by atoms with van der Waals surface area (Å²) < 4.78 is 0. The first-order valence-electron chi connectivity index (χ1n) is 6.29. The Bertz CT molecular complexity index is 667. The normalized spacial score (nSPS) is 10.4. The van der Waals surface area contributed by atoms with Crippen molar-refractivity contribution in [3.63, 3.8) is 0 Å². The molecule has 0 fully saturated rings. The molecule has 0 radical (unpaired) electrons. The summed E-state index contributed by atoms with van der Waals surface area (Å²) in [6.07, 6.45) is 0. The summed E-state index contributed by atoms with van der Waals surface area (Å²) in [5, 5.41) is 13.0. The number of para-hydroxylation sites is 2. The van der Waals surface area contributed by atoms with E-state index in [-0.39, 0.29) is 0 Å². The minimum absolute atomic E-state index is 0.426. The van der Waals surface area contributed by atoms with E-state index < -0.39 is 12.1 Å². The van der Waals surface area contributed by atoms with E-state index in [1.807, 2.05) is 0 Å². The van der Waals surface area contributed by atoms with Crippen molar-refractivity contribution in [3.8, 4) is 0 Å². The van der Waals surface area contributed by atoms with Gasteiger partial charge in [0, 0.05) is 0 Å². The van der Waals surface area contributed by atoms with Gasteiger partial charge in [0.05, 0.1) is 11.4 Å². The zero-order valence-electron chi connectivity index (χ0n) is 11.5. The van der Waals surface area contributed by atoms with Crippen LogP contribution in [0.5, 0.6) is 0 Å². The van der Waals surface area contributed by atoms with E-state index in [2.05, 4.69) is 20.9 Å². The van der Waals surface area contributed by atoms with Crippen molar-refractivity contribution in [2.24, 2.45) is 21.7 Å². The molecule has 0 heterocycles. The van der Waals surface area contributed by atoms with Gasteiger partial charge in [0.25, 0.3) is 0 Å². The Balaban J connectivity index is 2.29. The maximum atomic E-state index is 10.9. The van der Waals surface area contributed by atoms with Crippen molar-refractivity contribution >= 4 is 34.8 Å². The highest BCUT2D eigenvalue weighted by atomic mass is 16.2. The van der Waals surface area contributed by atoms with Gasteiger partial charge >= 0.3 is 12.1 Å². The van der Waals surface area contributed by atoms with E-state index in [1.54, 1.807) is 48.5 Å². The molecule has 8 heteroatoms. The van der Waals surface area contributed by atoms with Crippen molar-refractivity contribution in [2.45, 2.75) is 0 Å². The number of benzene rings is 2. The van der Waals surface area contributed by atoms with Gasteiger partial charge in [0.2, 0.25) is 0 Å². The molecule has 0 aliphatic heterocycles. The Labute approximate surface area is 126 Å². The average molecular weight is 298 g/mol. The van der Waals surface area contributed by atoms with Crippen LogP contribution in [0, 0.1) is 0 Å². The van der Waals surface area contributed by atoms with E-state index in [1.165, 1.54) is 0 Å². The summed E-state index contributed by atoms with van der Waals surface area (Å²) in [5.74, 6) is 0. The zero-order valence-corrected chi connectivity index (χ0v) is 11.5. The fourth-order valence-electron chi connectivity index (χ4n) is 1.71. The molecule has 6 N–H and O–H groups in total. The Morgan fingerprint density at radius 3 is 1.45 bits per heavy atom. The molecule has 22 heavy (non-hydrogen) atoms. The van der Waals surface area contributed by atoms with E-state index in [0.29, 0.717) is 22.7 Å². The molecule has 0 spiro atoms. The lowest BCUT2D eigenvalue weighted by Gasteiger charge is -2.06. The van der Waals surface area contributed by atoms with Crippen molar-refractivity contribution < 1.29 is 9.59 Å². The van der Waals surface area contributed by atoms with Crippen LogP contribution in [0.25, 0.3) is 0 Å². The molecule has 0 saturated carbocycles. The molecule has 0 bridgehead atoms. The molecule has 0 atom stereocenters. The van der Waals surface area contributed by atoms with Crippen LogP contribution in [0.3, 0.4) is 0 Å². The summed E-state index contributed by atoms with van der Waals surface area (Å²) in [6.45, 7) is 0. The number of nitrogens with two attached hydrogens (primary N) is 2. The van der Waals surface area contributed by atoms with E-state index >= 15 is 0 Å². The number of urea groups is 2. The second-order valence-electron chi connectivity index (χ2n) is 4.21. The molecule has 0 aromatic heterocycles. The quantitative estimate of drug-likeness (QED) is 0.645. The molecule has 2 aromatic rings. The van der Waals surface area contributed by atoms with Crippen LogP contribution in [0.15, 0.2) is 58.8 Å². The standard InChI is InChI=1S/C14H14N6O2/c15-13(21)17-9-5-1-3-7-11(9)19-20-12-8-4-2-6-10(12)18-14(16)22/h1-8H,(H3,15,17,21)(H3,16,18,22). The number of nitrogens with zero attached hydrogens (tertiary/aromatic N) is 2. The van der Waals surface area contributed by atoms with E-state index in [0.717, 1.165) is 0 Å². The number of azo groups is 1. The molecular formula is C14H14N6O2. The molecule has 8 nitrogen and oxygen atoms in total. The first-order chi connectivity index (χ1) is 10.6. The first kappa shape index (κ1) is 15.0. The predicted molar refractivity (Wildman–Crippen MR) is 83.5 cm³/mol. The molecule has 4 amide bonds. The van der Waals surface area contributed by atoms with E-state index in [9.17, 15) is 9.59 Å². The van der Waals surface area contributed by atoms with Crippen molar-refractivity contribution in [2.75, 3.05) is 10.6 Å². The van der Waals surface area contributed by atoms with Crippen LogP contribution < -0.4 is 22.1 Å². The lowest BCUT2D eigenvalue weighted by molar-refractivity contribution is 0.258. The number of rotatable bonds is 4. The number of nitrogens with one attached hydrogen (secondary N) is 2. The highest BCUT2D eigenvalue weighted by Crippen LogP contribution is 2.29. The fourth-order valence-corrected chi connectivity index (χ4v) is 1.71. The van der Waals surface area contributed by atoms with Crippen LogP contribution in [0.1, 0.15) is 0 Å². The Hall–Kier alpha value is -3.42. The summed E-state index contributed by atoms with van der Waals surface area (Å²) in [7, 11) is 0. The van der Waals surface area contributed by atoms with E-state index in [4.69, 9.17) is 11.5 Å². The van der Waals surface area contributed by atoms with Gasteiger partial charge in [-0.1, -0.05) is 24.3 Å². The largest absolute Gasteiger partial charge is 0.351 e. The molecule has 2 rings (SSSR count). The second-order valence-corrected chi connectivity index (χ2v) is 4.21. The number of carbonyl (C=O) groups excluding carboxylic acids is 2. The molecule has 2 aromatic carbocycles. The van der Waals surface area contributed by atoms with Gasteiger partial charge in [-0.05, 0) is 24.3 Å². The third-order valence-corrected chi connectivity index (χ3v) is 2.59. The number of hydrogen-bond acceptors (Lipinski definition) is 4. The van der Waals surface area contributed by atoms with Crippen molar-refractivity contribution in [1.29, 1.82) is 0 Å². The minimum Gasteiger partial charge on any atom is -0.351 e. The van der Waals surface area contributed by atoms with Gasteiger partial charge in [0.15, 0.2) is 0 Å². The molecule has 0 saturated heterocycles. The number of carbonyl (C=O) groups is 2. The molecule has 0 unspecified atom stereocenters. The van der Waals surface area contributed by atoms with Gasteiger partial charge in [-0.3, -0.25) is 0 Å². The summed E-state index contributed by atoms with van der Waals surface area (Å²) in [4.78, 5) is 21.9. The van der Waals surface area contributed by atoms with Crippen molar-refractivity contribution in [3.05, 3.63) is 48.5 Å². The third-order valence-electron chi connectivity index (χ3n) is 2.59. The summed E-state index contributed by atoms with van der Waals surface area (Å²) in [6, 6.07) is 12.2. The third kappa shape index (κ3) is 4.04. The topological polar surface area (TPSA) is 135 Å². The van der Waals surface area contributed by atoms with Crippen LogP contribution in [-0.2, 0) is 0 Å². The maximum absolute atomic E-state index is 10.9. The lowest BCUT2D eigenvalue weighted by Crippen LogP contribution is -2.19. The Morgan fingerprint density at radius 1 is 0.727 bits per heavy atom. The number of primary amides is 2. The monoisotopic (exact) mass is 298 g/mol. The van der Waals surface area contributed by atoms with Crippen LogP contribution in [-0.4, -0.2) is 12.1 Å². The smallest absolute Gasteiger partial charge is 0.316 e. The highest BCUT2D eigenvalue weighted by molar-refractivity contribution is 5.92. The van der Waals surface area contributed by atoms with Crippen LogP contribution >= 0.6 is 0 Å². The number of amides is 4. The fraction of sp³-hybridized carbons (Fsp3) is 0. The second kappa shape index (κ2) is 6.84. The maximum Gasteiger partial charge on any atom is 0.316 e. The number of hydrogen-bond donors (Lipinski definition) is 4. The van der Waals surface area contributed by atoms with Gasteiger partial charge < -0.3 is 22.1 Å². The molecule has 112 valence electrons. The Kier molecular flexibility index (Phi) is 4.66. The molecule has 0 aliphatic carbocycles. The highest BCUT2D eigenvalue weighted by Gasteiger charge is 2.05. The molecular weight excluding hydrogens is 284 g/mol. The molecule has 0 aliphatic rings. The lowest BCUT2D eigenvalue weighted by atomic mass is 10.2. The van der Waals surface area contributed by atoms with Crippen LogP contribution in [0.2, 0.25) is 0 Å². The predicted octanol–water partition coefficient (Wildman–Crippen LogP) is 3.08. The van der Waals surface area contributed by atoms with Crippen LogP contribution in [0.4, 0.5) is 32.3 Å². The SMILES string of the molecule is NC(=O)Nc1ccccc1N=Nc1ccccc1NC(N)=O. The van der Waals surface area contributed by atoms with Gasteiger partial charge in [-0.25, -0.2) is 9.59 Å². The minimum atomic E-state index is -0.696. The summed E-state index contributed by atoms with van der Waals surface area (Å²) >= 11 is 0. The first-order valence-corrected chi connectivity index (χ1v) is 6.29. The van der Waals surface area contributed by atoms with Crippen molar-refractivity contribution in [1.82, 2.24) is 0 Å². The van der Waals surface area contributed by atoms with Gasteiger partial charge in [0.1, 0.15) is 11.4 Å². The average Bonchev–Trinajstić information content (AvgIpc) is 2.46. The van der Waals surface area contributed by atoms with Gasteiger partial charge in [-0.15, -0.1) is 10.2 Å². The van der Waals surface area contributed by atoms with Gasteiger partial charge in [-0.2, -0.15) is 0 Å².